The Morgan fingerprint density at radius 1 is 1.56 bits per heavy atom. The zero-order valence-electron chi connectivity index (χ0n) is 13.7. The van der Waals surface area contributed by atoms with Crippen LogP contribution in [0.2, 0.25) is 0 Å². The van der Waals surface area contributed by atoms with E-state index in [0.29, 0.717) is 6.42 Å². The van der Waals surface area contributed by atoms with Crippen molar-refractivity contribution in [2.45, 2.75) is 25.1 Å². The summed E-state index contributed by atoms with van der Waals surface area (Å²) in [4.78, 5) is 12.3. The first-order valence-corrected chi connectivity index (χ1v) is 7.62. The standard InChI is InChI=1S/C16H21F2N3O4/c1-24-13-4-9(2-8(14(13)20)3-12(19)15(17)18)16(23)21-6-11-5-10(22)7-25-11/h2-4,10-11,15,22H,5-7,19-20H2,1H3,(H,21,23)/b12-3-/t10-,11?/m1/s1. The number of allylic oxidation sites excluding steroid dienone is 1. The van der Waals surface area contributed by atoms with Crippen molar-refractivity contribution in [3.63, 3.8) is 0 Å². The summed E-state index contributed by atoms with van der Waals surface area (Å²) >= 11 is 0. The summed E-state index contributed by atoms with van der Waals surface area (Å²) in [6.45, 7) is 0.449. The van der Waals surface area contributed by atoms with Gasteiger partial charge in [-0.2, -0.15) is 0 Å². The SMILES string of the molecule is COc1cc(C(=O)NCC2C[C@@H](O)CO2)cc(/C=C(\N)C(F)F)c1N. The number of hydrogen-bond acceptors (Lipinski definition) is 6. The summed E-state index contributed by atoms with van der Waals surface area (Å²) in [7, 11) is 1.35. The molecule has 1 saturated heterocycles. The van der Waals surface area contributed by atoms with E-state index in [9.17, 15) is 18.7 Å². The average molecular weight is 357 g/mol. The Morgan fingerprint density at radius 3 is 2.84 bits per heavy atom. The number of benzene rings is 1. The smallest absolute Gasteiger partial charge is 0.277 e. The number of nitrogens with two attached hydrogens (primary N) is 2. The molecule has 1 unspecified atom stereocenters. The minimum absolute atomic E-state index is 0.102. The van der Waals surface area contributed by atoms with Crippen LogP contribution >= 0.6 is 0 Å². The van der Waals surface area contributed by atoms with Gasteiger partial charge in [-0.1, -0.05) is 0 Å². The summed E-state index contributed by atoms with van der Waals surface area (Å²) in [5, 5.41) is 12.1. The van der Waals surface area contributed by atoms with Crippen LogP contribution < -0.4 is 21.5 Å². The Labute approximate surface area is 143 Å². The van der Waals surface area contributed by atoms with Crippen molar-refractivity contribution in [3.8, 4) is 5.75 Å². The molecule has 0 aliphatic carbocycles. The minimum atomic E-state index is -2.84. The van der Waals surface area contributed by atoms with Crippen LogP contribution in [0.15, 0.2) is 17.8 Å². The second kappa shape index (κ2) is 8.13. The molecule has 1 amide bonds. The molecule has 0 bridgehead atoms. The average Bonchev–Trinajstić information content (AvgIpc) is 2.99. The van der Waals surface area contributed by atoms with Gasteiger partial charge in [-0.3, -0.25) is 4.79 Å². The van der Waals surface area contributed by atoms with Crippen molar-refractivity contribution in [1.82, 2.24) is 5.32 Å². The number of carbonyl (C=O) groups is 1. The van der Waals surface area contributed by atoms with Crippen molar-refractivity contribution in [2.75, 3.05) is 26.0 Å². The lowest BCUT2D eigenvalue weighted by Gasteiger charge is -2.14. The maximum absolute atomic E-state index is 12.6. The van der Waals surface area contributed by atoms with Gasteiger partial charge in [-0.15, -0.1) is 0 Å². The van der Waals surface area contributed by atoms with Gasteiger partial charge in [-0.05, 0) is 18.2 Å². The summed E-state index contributed by atoms with van der Waals surface area (Å²) in [6.07, 6.45) is -2.20. The Bertz CT molecular complexity index is 667. The molecule has 0 aromatic heterocycles. The number of nitrogen functional groups attached to an aromatic ring is 1. The molecule has 1 aromatic rings. The number of aliphatic hydroxyl groups excluding tert-OH is 1. The Balaban J connectivity index is 2.19. The van der Waals surface area contributed by atoms with Crippen LogP contribution in [-0.4, -0.2) is 49.9 Å². The van der Waals surface area contributed by atoms with Crippen molar-refractivity contribution in [3.05, 3.63) is 29.0 Å². The molecular formula is C16H21F2N3O4. The zero-order valence-corrected chi connectivity index (χ0v) is 13.7. The highest BCUT2D eigenvalue weighted by Gasteiger charge is 2.24. The molecule has 0 spiro atoms. The van der Waals surface area contributed by atoms with Crippen molar-refractivity contribution >= 4 is 17.7 Å². The highest BCUT2D eigenvalue weighted by molar-refractivity contribution is 5.96. The third-order valence-electron chi connectivity index (χ3n) is 3.78. The Hall–Kier alpha value is -2.39. The quantitative estimate of drug-likeness (QED) is 0.557. The third kappa shape index (κ3) is 4.80. The lowest BCUT2D eigenvalue weighted by atomic mass is 10.1. The molecule has 7 nitrogen and oxygen atoms in total. The monoisotopic (exact) mass is 357 g/mol. The molecule has 1 fully saturated rings. The molecule has 1 aromatic carbocycles. The third-order valence-corrected chi connectivity index (χ3v) is 3.78. The normalized spacial score (nSPS) is 20.8. The highest BCUT2D eigenvalue weighted by Crippen LogP contribution is 2.29. The van der Waals surface area contributed by atoms with Gasteiger partial charge in [0.1, 0.15) is 5.75 Å². The van der Waals surface area contributed by atoms with E-state index in [1.165, 1.54) is 19.2 Å². The van der Waals surface area contributed by atoms with Gasteiger partial charge in [0.15, 0.2) is 0 Å². The van der Waals surface area contributed by atoms with Crippen molar-refractivity contribution in [2.24, 2.45) is 5.73 Å². The maximum atomic E-state index is 12.6. The van der Waals surface area contributed by atoms with Gasteiger partial charge >= 0.3 is 0 Å². The summed E-state index contributed by atoms with van der Waals surface area (Å²) in [5.41, 5.74) is 10.9. The lowest BCUT2D eigenvalue weighted by Crippen LogP contribution is -2.32. The number of methoxy groups -OCH3 is 1. The number of nitrogens with one attached hydrogen (secondary N) is 1. The Kier molecular flexibility index (Phi) is 6.16. The largest absolute Gasteiger partial charge is 0.495 e. The van der Waals surface area contributed by atoms with Gasteiger partial charge in [0.05, 0.1) is 37.3 Å². The molecule has 1 aliphatic heterocycles. The first-order chi connectivity index (χ1) is 11.8. The number of rotatable bonds is 6. The summed E-state index contributed by atoms with van der Waals surface area (Å²) in [6, 6.07) is 2.76. The van der Waals surface area contributed by atoms with E-state index in [2.05, 4.69) is 5.32 Å². The molecule has 1 aliphatic rings. The molecule has 25 heavy (non-hydrogen) atoms. The predicted molar refractivity (Wildman–Crippen MR) is 88.3 cm³/mol. The van der Waals surface area contributed by atoms with E-state index in [1.54, 1.807) is 0 Å². The number of hydrogen-bond donors (Lipinski definition) is 4. The van der Waals surface area contributed by atoms with Crippen LogP contribution in [0.25, 0.3) is 6.08 Å². The van der Waals surface area contributed by atoms with Crippen LogP contribution in [0, 0.1) is 0 Å². The number of anilines is 1. The molecule has 138 valence electrons. The van der Waals surface area contributed by atoms with Gasteiger partial charge < -0.3 is 31.4 Å². The molecule has 9 heteroatoms. The van der Waals surface area contributed by atoms with E-state index >= 15 is 0 Å². The van der Waals surface area contributed by atoms with Gasteiger partial charge in [0.25, 0.3) is 12.3 Å². The van der Waals surface area contributed by atoms with Gasteiger partial charge in [0.2, 0.25) is 0 Å². The number of alkyl halides is 2. The van der Waals surface area contributed by atoms with E-state index in [1.807, 2.05) is 0 Å². The van der Waals surface area contributed by atoms with Gasteiger partial charge in [0, 0.05) is 24.1 Å². The number of amides is 1. The van der Waals surface area contributed by atoms with Crippen LogP contribution in [0.3, 0.4) is 0 Å². The van der Waals surface area contributed by atoms with Crippen molar-refractivity contribution < 1.29 is 28.2 Å². The predicted octanol–water partition coefficient (Wildman–Crippen LogP) is 0.722. The topological polar surface area (TPSA) is 120 Å². The molecule has 6 N–H and O–H groups in total. The van der Waals surface area contributed by atoms with E-state index in [-0.39, 0.29) is 41.8 Å². The fourth-order valence-electron chi connectivity index (χ4n) is 2.45. The number of aliphatic hydroxyl groups is 1. The fourth-order valence-corrected chi connectivity index (χ4v) is 2.45. The second-order valence-corrected chi connectivity index (χ2v) is 5.68. The molecular weight excluding hydrogens is 336 g/mol. The highest BCUT2D eigenvalue weighted by atomic mass is 19.3. The van der Waals surface area contributed by atoms with Crippen LogP contribution in [-0.2, 0) is 4.74 Å². The molecule has 2 atom stereocenters. The molecule has 2 rings (SSSR count). The lowest BCUT2D eigenvalue weighted by molar-refractivity contribution is 0.0795. The van der Waals surface area contributed by atoms with Crippen LogP contribution in [0.4, 0.5) is 14.5 Å². The second-order valence-electron chi connectivity index (χ2n) is 5.68. The van der Waals surface area contributed by atoms with Crippen LogP contribution in [0.5, 0.6) is 5.75 Å². The first kappa shape index (κ1) is 18.9. The summed E-state index contributed by atoms with van der Waals surface area (Å²) in [5.74, 6) is -0.276. The zero-order chi connectivity index (χ0) is 18.6. The minimum Gasteiger partial charge on any atom is -0.495 e. The van der Waals surface area contributed by atoms with E-state index in [0.717, 1.165) is 6.08 Å². The molecule has 1 heterocycles. The summed E-state index contributed by atoms with van der Waals surface area (Å²) < 4.78 is 35.7. The van der Waals surface area contributed by atoms with Crippen LogP contribution in [0.1, 0.15) is 22.3 Å². The van der Waals surface area contributed by atoms with E-state index in [4.69, 9.17) is 20.9 Å². The number of halogens is 2. The fraction of sp³-hybridized carbons (Fsp3) is 0.438. The number of ether oxygens (including phenoxy) is 2. The Morgan fingerprint density at radius 2 is 2.28 bits per heavy atom. The molecule has 0 saturated carbocycles. The van der Waals surface area contributed by atoms with Crippen molar-refractivity contribution in [1.29, 1.82) is 0 Å². The maximum Gasteiger partial charge on any atom is 0.277 e. The number of carbonyl (C=O) groups excluding carboxylic acids is 1. The van der Waals surface area contributed by atoms with Gasteiger partial charge in [-0.25, -0.2) is 8.78 Å². The van der Waals surface area contributed by atoms with E-state index < -0.39 is 24.1 Å². The molecule has 0 radical (unpaired) electrons. The first-order valence-electron chi connectivity index (χ1n) is 7.62.